The summed E-state index contributed by atoms with van der Waals surface area (Å²) < 4.78 is 35.5. The molecule has 0 bridgehead atoms. The standard InChI is InChI=1S/C24H34O4S/c1-20(16-17-27-19-23-10-5-4-6-11-23)8-7-9-22(3)18-28-29(25,26)24-14-12-21(2)13-15-24/h4-6,10-15,20,22H,7-9,16-19H2,1-3H3/t20-,22-/m1/s1. The van der Waals surface area contributed by atoms with Gasteiger partial charge < -0.3 is 4.74 Å². The molecule has 2 aromatic rings. The molecule has 160 valence electrons. The third-order valence-corrected chi connectivity index (χ3v) is 6.37. The van der Waals surface area contributed by atoms with Crippen molar-refractivity contribution in [2.75, 3.05) is 13.2 Å². The Morgan fingerprint density at radius 1 is 0.862 bits per heavy atom. The van der Waals surface area contributed by atoms with Gasteiger partial charge >= 0.3 is 0 Å². The zero-order chi connectivity index (χ0) is 21.1. The first-order valence-corrected chi connectivity index (χ1v) is 11.9. The van der Waals surface area contributed by atoms with E-state index in [0.717, 1.165) is 37.9 Å². The van der Waals surface area contributed by atoms with Gasteiger partial charge in [-0.3, -0.25) is 4.18 Å². The molecule has 29 heavy (non-hydrogen) atoms. The zero-order valence-corrected chi connectivity index (χ0v) is 18.7. The Kier molecular flexibility index (Phi) is 9.85. The highest BCUT2D eigenvalue weighted by atomic mass is 32.2. The van der Waals surface area contributed by atoms with Crippen LogP contribution in [-0.2, 0) is 25.6 Å². The van der Waals surface area contributed by atoms with Crippen molar-refractivity contribution in [1.29, 1.82) is 0 Å². The molecular formula is C24H34O4S. The molecule has 2 rings (SSSR count). The van der Waals surface area contributed by atoms with Crippen LogP contribution in [0.5, 0.6) is 0 Å². The molecule has 0 unspecified atom stereocenters. The summed E-state index contributed by atoms with van der Waals surface area (Å²) in [6.45, 7) is 7.87. The van der Waals surface area contributed by atoms with Crippen LogP contribution in [0.1, 0.15) is 50.7 Å². The molecule has 0 spiro atoms. The number of hydrogen-bond donors (Lipinski definition) is 0. The molecule has 0 radical (unpaired) electrons. The third kappa shape index (κ3) is 9.11. The van der Waals surface area contributed by atoms with Crippen LogP contribution in [0.25, 0.3) is 0 Å². The van der Waals surface area contributed by atoms with Gasteiger partial charge in [0.1, 0.15) is 0 Å². The molecular weight excluding hydrogens is 384 g/mol. The minimum Gasteiger partial charge on any atom is -0.377 e. The summed E-state index contributed by atoms with van der Waals surface area (Å²) >= 11 is 0. The van der Waals surface area contributed by atoms with E-state index in [1.54, 1.807) is 24.3 Å². The molecule has 0 amide bonds. The van der Waals surface area contributed by atoms with E-state index in [2.05, 4.69) is 19.1 Å². The van der Waals surface area contributed by atoms with E-state index < -0.39 is 10.1 Å². The maximum atomic E-state index is 12.2. The normalized spacial score (nSPS) is 13.9. The van der Waals surface area contributed by atoms with Gasteiger partial charge in [0.05, 0.1) is 18.1 Å². The number of ether oxygens (including phenoxy) is 1. The van der Waals surface area contributed by atoms with Crippen LogP contribution in [0.2, 0.25) is 0 Å². The van der Waals surface area contributed by atoms with E-state index in [1.807, 2.05) is 32.0 Å². The Bertz CT molecular complexity index is 801. The smallest absolute Gasteiger partial charge is 0.296 e. The van der Waals surface area contributed by atoms with Gasteiger partial charge in [-0.1, -0.05) is 74.7 Å². The maximum absolute atomic E-state index is 12.2. The van der Waals surface area contributed by atoms with Crippen molar-refractivity contribution < 1.29 is 17.3 Å². The predicted molar refractivity (Wildman–Crippen MR) is 117 cm³/mol. The SMILES string of the molecule is Cc1ccc(S(=O)(=O)OC[C@H](C)CCC[C@@H](C)CCOCc2ccccc2)cc1. The first-order valence-electron chi connectivity index (χ1n) is 10.4. The van der Waals surface area contributed by atoms with Gasteiger partial charge in [0, 0.05) is 6.61 Å². The van der Waals surface area contributed by atoms with Crippen molar-refractivity contribution in [3.05, 3.63) is 65.7 Å². The highest BCUT2D eigenvalue weighted by Gasteiger charge is 2.16. The molecule has 5 heteroatoms. The summed E-state index contributed by atoms with van der Waals surface area (Å²) in [5.74, 6) is 0.798. The molecule has 0 saturated carbocycles. The molecule has 0 aliphatic heterocycles. The molecule has 0 heterocycles. The summed E-state index contributed by atoms with van der Waals surface area (Å²) in [5, 5.41) is 0. The second-order valence-electron chi connectivity index (χ2n) is 8.02. The maximum Gasteiger partial charge on any atom is 0.296 e. The van der Waals surface area contributed by atoms with Crippen molar-refractivity contribution in [1.82, 2.24) is 0 Å². The van der Waals surface area contributed by atoms with Crippen LogP contribution in [0, 0.1) is 18.8 Å². The van der Waals surface area contributed by atoms with E-state index >= 15 is 0 Å². The number of benzene rings is 2. The van der Waals surface area contributed by atoms with Crippen LogP contribution in [0.15, 0.2) is 59.5 Å². The van der Waals surface area contributed by atoms with Crippen LogP contribution < -0.4 is 0 Å². The number of hydrogen-bond acceptors (Lipinski definition) is 4. The Labute approximate surface area is 176 Å². The van der Waals surface area contributed by atoms with E-state index in [-0.39, 0.29) is 17.4 Å². The van der Waals surface area contributed by atoms with Crippen LogP contribution in [0.4, 0.5) is 0 Å². The lowest BCUT2D eigenvalue weighted by Crippen LogP contribution is -2.13. The Hall–Kier alpha value is -1.69. The first-order chi connectivity index (χ1) is 13.9. The number of aryl methyl sites for hydroxylation is 1. The second kappa shape index (κ2) is 12.1. The topological polar surface area (TPSA) is 52.6 Å². The van der Waals surface area contributed by atoms with Crippen molar-refractivity contribution in [2.24, 2.45) is 11.8 Å². The highest BCUT2D eigenvalue weighted by Crippen LogP contribution is 2.19. The van der Waals surface area contributed by atoms with Gasteiger partial charge in [0.15, 0.2) is 0 Å². The monoisotopic (exact) mass is 418 g/mol. The lowest BCUT2D eigenvalue weighted by Gasteiger charge is -2.15. The Morgan fingerprint density at radius 3 is 2.21 bits per heavy atom. The van der Waals surface area contributed by atoms with Gasteiger partial charge in [-0.2, -0.15) is 8.42 Å². The molecule has 2 atom stereocenters. The third-order valence-electron chi connectivity index (χ3n) is 5.08. The van der Waals surface area contributed by atoms with Gasteiger partial charge in [0.2, 0.25) is 0 Å². The predicted octanol–water partition coefficient (Wildman–Crippen LogP) is 5.75. The number of rotatable bonds is 13. The molecule has 0 N–H and O–H groups in total. The van der Waals surface area contributed by atoms with Gasteiger partial charge in [-0.05, 0) is 49.3 Å². The minimum absolute atomic E-state index is 0.205. The summed E-state index contributed by atoms with van der Waals surface area (Å²) in [4.78, 5) is 0.222. The lowest BCUT2D eigenvalue weighted by atomic mass is 9.97. The van der Waals surface area contributed by atoms with Crippen molar-refractivity contribution in [3.63, 3.8) is 0 Å². The molecule has 0 aromatic heterocycles. The van der Waals surface area contributed by atoms with Crippen LogP contribution >= 0.6 is 0 Å². The van der Waals surface area contributed by atoms with Crippen LogP contribution in [-0.4, -0.2) is 21.6 Å². The van der Waals surface area contributed by atoms with Gasteiger partial charge in [-0.15, -0.1) is 0 Å². The van der Waals surface area contributed by atoms with Gasteiger partial charge in [-0.25, -0.2) is 0 Å². The highest BCUT2D eigenvalue weighted by molar-refractivity contribution is 7.86. The zero-order valence-electron chi connectivity index (χ0n) is 17.8. The fraction of sp³-hybridized carbons (Fsp3) is 0.500. The molecule has 0 saturated heterocycles. The lowest BCUT2D eigenvalue weighted by molar-refractivity contribution is 0.107. The molecule has 0 aliphatic rings. The average molecular weight is 419 g/mol. The van der Waals surface area contributed by atoms with E-state index in [9.17, 15) is 8.42 Å². The minimum atomic E-state index is -3.67. The fourth-order valence-corrected chi connectivity index (χ4v) is 4.09. The Balaban J connectivity index is 1.57. The summed E-state index contributed by atoms with van der Waals surface area (Å²) in [6, 6.07) is 17.0. The quantitative estimate of drug-likeness (QED) is 0.307. The average Bonchev–Trinajstić information content (AvgIpc) is 2.71. The molecule has 0 fully saturated rings. The Morgan fingerprint density at radius 2 is 1.52 bits per heavy atom. The first kappa shape index (κ1) is 23.6. The second-order valence-corrected chi connectivity index (χ2v) is 9.64. The molecule has 2 aromatic carbocycles. The van der Waals surface area contributed by atoms with E-state index in [4.69, 9.17) is 8.92 Å². The molecule has 0 aliphatic carbocycles. The van der Waals surface area contributed by atoms with Crippen molar-refractivity contribution in [2.45, 2.75) is 58.0 Å². The summed E-state index contributed by atoms with van der Waals surface area (Å²) in [5.41, 5.74) is 2.23. The molecule has 4 nitrogen and oxygen atoms in total. The van der Waals surface area contributed by atoms with E-state index in [1.165, 1.54) is 5.56 Å². The van der Waals surface area contributed by atoms with E-state index in [0.29, 0.717) is 12.5 Å². The van der Waals surface area contributed by atoms with Crippen LogP contribution in [0.3, 0.4) is 0 Å². The van der Waals surface area contributed by atoms with Crippen molar-refractivity contribution >= 4 is 10.1 Å². The fourth-order valence-electron chi connectivity index (χ4n) is 3.07. The summed E-state index contributed by atoms with van der Waals surface area (Å²) in [6.07, 6.45) is 4.18. The van der Waals surface area contributed by atoms with Crippen molar-refractivity contribution in [3.8, 4) is 0 Å². The van der Waals surface area contributed by atoms with Gasteiger partial charge in [0.25, 0.3) is 10.1 Å². The summed E-state index contributed by atoms with van der Waals surface area (Å²) in [7, 11) is -3.67. The largest absolute Gasteiger partial charge is 0.377 e.